The van der Waals surface area contributed by atoms with E-state index in [1.54, 1.807) is 0 Å². The molecule has 2 aliphatic rings. The molecule has 0 spiro atoms. The molecule has 0 bridgehead atoms. The number of aliphatic hydroxyl groups excluding tert-OH is 1. The highest BCUT2D eigenvalue weighted by Crippen LogP contribution is 2.43. The van der Waals surface area contributed by atoms with Gasteiger partial charge in [-0.2, -0.15) is 0 Å². The van der Waals surface area contributed by atoms with Crippen molar-refractivity contribution in [1.29, 1.82) is 0 Å². The Hall–Kier alpha value is -3.41. The van der Waals surface area contributed by atoms with Gasteiger partial charge in [0.15, 0.2) is 12.2 Å². The SMILES string of the molecule is CC(=O)NC1CCC(c2cccc(S[C@@H]3OC(COC(C)=O)[C@@H](O)C(OC(C)=O)C3OC(C)=O)c2)c2ccccc21. The van der Waals surface area contributed by atoms with E-state index in [0.717, 1.165) is 34.4 Å². The molecular formula is C30H35NO9S. The topological polar surface area (TPSA) is 137 Å². The Labute approximate surface area is 243 Å². The lowest BCUT2D eigenvalue weighted by molar-refractivity contribution is -0.230. The number of esters is 3. The van der Waals surface area contributed by atoms with Gasteiger partial charge in [0.05, 0.1) is 6.04 Å². The van der Waals surface area contributed by atoms with Crippen molar-refractivity contribution in [3.8, 4) is 0 Å². The van der Waals surface area contributed by atoms with E-state index < -0.39 is 47.8 Å². The lowest BCUT2D eigenvalue weighted by atomic mass is 9.77. The summed E-state index contributed by atoms with van der Waals surface area (Å²) in [6.07, 6.45) is -3.16. The Morgan fingerprint density at radius 3 is 2.24 bits per heavy atom. The van der Waals surface area contributed by atoms with E-state index in [9.17, 15) is 24.3 Å². The van der Waals surface area contributed by atoms with Crippen LogP contribution in [0, 0.1) is 0 Å². The Morgan fingerprint density at radius 2 is 1.59 bits per heavy atom. The minimum atomic E-state index is -1.40. The summed E-state index contributed by atoms with van der Waals surface area (Å²) < 4.78 is 22.1. The van der Waals surface area contributed by atoms with Crippen LogP contribution in [0.2, 0.25) is 0 Å². The lowest BCUT2D eigenvalue weighted by Crippen LogP contribution is -2.60. The first kappa shape index (κ1) is 30.5. The summed E-state index contributed by atoms with van der Waals surface area (Å²) in [7, 11) is 0. The van der Waals surface area contributed by atoms with Crippen molar-refractivity contribution >= 4 is 35.6 Å². The number of amides is 1. The molecule has 2 aromatic rings. The van der Waals surface area contributed by atoms with E-state index in [4.69, 9.17) is 18.9 Å². The lowest BCUT2D eigenvalue weighted by Gasteiger charge is -2.43. The van der Waals surface area contributed by atoms with Gasteiger partial charge in [0, 0.05) is 38.5 Å². The fourth-order valence-corrected chi connectivity index (χ4v) is 6.61. The predicted octanol–water partition coefficient (Wildman–Crippen LogP) is 3.39. The number of nitrogens with one attached hydrogen (secondary N) is 1. The molecule has 220 valence electrons. The van der Waals surface area contributed by atoms with E-state index >= 15 is 0 Å². The van der Waals surface area contributed by atoms with Crippen molar-refractivity contribution in [2.45, 2.75) is 87.2 Å². The Morgan fingerprint density at radius 1 is 0.902 bits per heavy atom. The zero-order valence-corrected chi connectivity index (χ0v) is 24.2. The van der Waals surface area contributed by atoms with E-state index in [0.29, 0.717) is 0 Å². The number of hydrogen-bond donors (Lipinski definition) is 2. The molecule has 1 aliphatic heterocycles. The number of fused-ring (bicyclic) bond motifs is 1. The number of carbonyl (C=O) groups excluding carboxylic acids is 4. The summed E-state index contributed by atoms with van der Waals surface area (Å²) in [4.78, 5) is 47.9. The van der Waals surface area contributed by atoms with Crippen molar-refractivity contribution < 1.29 is 43.2 Å². The maximum absolute atomic E-state index is 12.0. The molecule has 1 aliphatic carbocycles. The van der Waals surface area contributed by atoms with E-state index in [-0.39, 0.29) is 24.5 Å². The fourth-order valence-electron chi connectivity index (χ4n) is 5.44. The number of aliphatic hydroxyl groups is 1. The van der Waals surface area contributed by atoms with Gasteiger partial charge in [-0.25, -0.2) is 0 Å². The average molecular weight is 586 g/mol. The van der Waals surface area contributed by atoms with Crippen molar-refractivity contribution in [3.63, 3.8) is 0 Å². The first-order chi connectivity index (χ1) is 19.5. The number of ether oxygens (including phenoxy) is 4. The van der Waals surface area contributed by atoms with E-state index in [1.807, 2.05) is 42.5 Å². The second-order valence-electron chi connectivity index (χ2n) is 10.2. The van der Waals surface area contributed by atoms with Crippen LogP contribution in [-0.2, 0) is 38.1 Å². The molecule has 2 N–H and O–H groups in total. The third-order valence-electron chi connectivity index (χ3n) is 7.05. The van der Waals surface area contributed by atoms with Gasteiger partial charge < -0.3 is 29.4 Å². The third kappa shape index (κ3) is 7.66. The van der Waals surface area contributed by atoms with Crippen LogP contribution >= 0.6 is 11.8 Å². The summed E-state index contributed by atoms with van der Waals surface area (Å²) in [5.74, 6) is -1.83. The summed E-state index contributed by atoms with van der Waals surface area (Å²) in [6.45, 7) is 4.90. The highest BCUT2D eigenvalue weighted by molar-refractivity contribution is 7.99. The highest BCUT2D eigenvalue weighted by atomic mass is 32.2. The van der Waals surface area contributed by atoms with Gasteiger partial charge in [-0.15, -0.1) is 0 Å². The Kier molecular flexibility index (Phi) is 10.1. The fraction of sp³-hybridized carbons (Fsp3) is 0.467. The molecule has 0 aromatic heterocycles. The van der Waals surface area contributed by atoms with Crippen LogP contribution in [0.1, 0.15) is 69.2 Å². The summed E-state index contributed by atoms with van der Waals surface area (Å²) in [6, 6.07) is 15.9. The van der Waals surface area contributed by atoms with Gasteiger partial charge in [0.25, 0.3) is 0 Å². The molecule has 2 aromatic carbocycles. The van der Waals surface area contributed by atoms with Gasteiger partial charge in [0.2, 0.25) is 5.91 Å². The molecule has 4 rings (SSSR count). The first-order valence-electron chi connectivity index (χ1n) is 13.5. The maximum atomic E-state index is 12.0. The molecule has 1 fully saturated rings. The van der Waals surface area contributed by atoms with Crippen LogP contribution in [0.15, 0.2) is 53.4 Å². The van der Waals surface area contributed by atoms with Crippen LogP contribution in [-0.4, -0.2) is 65.4 Å². The number of hydrogen-bond acceptors (Lipinski definition) is 10. The first-order valence-corrected chi connectivity index (χ1v) is 14.3. The van der Waals surface area contributed by atoms with E-state index in [2.05, 4.69) is 11.4 Å². The monoisotopic (exact) mass is 585 g/mol. The molecule has 7 atom stereocenters. The summed E-state index contributed by atoms with van der Waals surface area (Å²) in [5, 5.41) is 14.0. The minimum absolute atomic E-state index is 0.0450. The molecule has 41 heavy (non-hydrogen) atoms. The second-order valence-corrected chi connectivity index (χ2v) is 11.4. The van der Waals surface area contributed by atoms with E-state index in [1.165, 1.54) is 39.5 Å². The molecule has 5 unspecified atom stereocenters. The maximum Gasteiger partial charge on any atom is 0.303 e. The Bertz CT molecular complexity index is 1280. The van der Waals surface area contributed by atoms with Crippen LogP contribution in [0.4, 0.5) is 0 Å². The quantitative estimate of drug-likeness (QED) is 0.350. The smallest absolute Gasteiger partial charge is 0.303 e. The van der Waals surface area contributed by atoms with Gasteiger partial charge >= 0.3 is 17.9 Å². The number of carbonyl (C=O) groups is 4. The highest BCUT2D eigenvalue weighted by Gasteiger charge is 2.50. The number of benzene rings is 2. The zero-order valence-electron chi connectivity index (χ0n) is 23.4. The van der Waals surface area contributed by atoms with Crippen LogP contribution < -0.4 is 5.32 Å². The molecule has 11 heteroatoms. The number of thioether (sulfide) groups is 1. The molecule has 1 heterocycles. The van der Waals surface area contributed by atoms with Crippen molar-refractivity contribution in [1.82, 2.24) is 5.32 Å². The van der Waals surface area contributed by atoms with Gasteiger partial charge in [-0.3, -0.25) is 19.2 Å². The molecule has 1 amide bonds. The summed E-state index contributed by atoms with van der Waals surface area (Å²) >= 11 is 1.25. The largest absolute Gasteiger partial charge is 0.463 e. The van der Waals surface area contributed by atoms with Crippen molar-refractivity contribution in [2.24, 2.45) is 0 Å². The average Bonchev–Trinajstić information content (AvgIpc) is 2.91. The Balaban J connectivity index is 1.62. The van der Waals surface area contributed by atoms with Gasteiger partial charge in [-0.05, 0) is 41.7 Å². The van der Waals surface area contributed by atoms with Crippen molar-refractivity contribution in [2.75, 3.05) is 6.61 Å². The summed E-state index contributed by atoms with van der Waals surface area (Å²) in [5.41, 5.74) is 2.42. The zero-order chi connectivity index (χ0) is 29.7. The molecule has 10 nitrogen and oxygen atoms in total. The van der Waals surface area contributed by atoms with Crippen molar-refractivity contribution in [3.05, 3.63) is 65.2 Å². The van der Waals surface area contributed by atoms with Gasteiger partial charge in [-0.1, -0.05) is 48.2 Å². The minimum Gasteiger partial charge on any atom is -0.463 e. The molecule has 0 radical (unpaired) electrons. The van der Waals surface area contributed by atoms with Gasteiger partial charge in [0.1, 0.15) is 24.3 Å². The van der Waals surface area contributed by atoms with Crippen LogP contribution in [0.5, 0.6) is 0 Å². The normalized spacial score (nSPS) is 27.2. The van der Waals surface area contributed by atoms with Crippen LogP contribution in [0.3, 0.4) is 0 Å². The third-order valence-corrected chi connectivity index (χ3v) is 8.19. The van der Waals surface area contributed by atoms with Crippen LogP contribution in [0.25, 0.3) is 0 Å². The molecule has 0 saturated carbocycles. The predicted molar refractivity (Wildman–Crippen MR) is 149 cm³/mol. The molecule has 1 saturated heterocycles. The second kappa shape index (κ2) is 13.5. The number of rotatable bonds is 8. The molecular weight excluding hydrogens is 550 g/mol. The standard InChI is InChI=1S/C30H35NO9S/c1-16(32)31-25-13-12-22(23-10-5-6-11-24(23)25)20-8-7-9-21(14-20)41-30-29(39-19(4)35)28(38-18(3)34)27(36)26(40-30)15-37-17(2)33/h5-11,14,22,25-30,36H,12-13,15H2,1-4H3,(H,31,32)/t22?,25?,26?,27-,28?,29?,30+/m1/s1.